The van der Waals surface area contributed by atoms with Gasteiger partial charge < -0.3 is 10.2 Å². The Labute approximate surface area is 106 Å². The highest BCUT2D eigenvalue weighted by Crippen LogP contribution is 2.06. The van der Waals surface area contributed by atoms with Crippen LogP contribution in [0, 0.1) is 5.82 Å². The Balaban J connectivity index is 1.95. The molecule has 5 nitrogen and oxygen atoms in total. The van der Waals surface area contributed by atoms with Crippen LogP contribution in [0.4, 0.5) is 10.3 Å². The van der Waals surface area contributed by atoms with E-state index in [2.05, 4.69) is 34.1 Å². The normalized spacial score (nSPS) is 11.3. The second kappa shape index (κ2) is 5.77. The molecule has 0 bridgehead atoms. The van der Waals surface area contributed by atoms with Crippen LogP contribution in [0.25, 0.3) is 5.65 Å². The van der Waals surface area contributed by atoms with Crippen molar-refractivity contribution >= 4 is 11.6 Å². The van der Waals surface area contributed by atoms with Crippen molar-refractivity contribution in [3.8, 4) is 0 Å². The summed E-state index contributed by atoms with van der Waals surface area (Å²) in [5.74, 6) is 0.217. The van der Waals surface area contributed by atoms with E-state index in [4.69, 9.17) is 0 Å². The lowest BCUT2D eigenvalue weighted by atomic mass is 10.4. The number of anilines is 1. The molecule has 1 N–H and O–H groups in total. The number of hydrogen-bond acceptors (Lipinski definition) is 4. The highest BCUT2D eigenvalue weighted by molar-refractivity contribution is 5.42. The van der Waals surface area contributed by atoms with Crippen molar-refractivity contribution in [2.45, 2.75) is 13.8 Å². The van der Waals surface area contributed by atoms with Crippen LogP contribution in [0.3, 0.4) is 0 Å². The van der Waals surface area contributed by atoms with Gasteiger partial charge in [0, 0.05) is 13.1 Å². The minimum Gasteiger partial charge on any atom is -0.352 e. The first kappa shape index (κ1) is 12.8. The second-order valence-electron chi connectivity index (χ2n) is 4.04. The van der Waals surface area contributed by atoms with Crippen molar-refractivity contribution in [2.75, 3.05) is 31.5 Å². The molecular formula is C12H18FN5. The maximum Gasteiger partial charge on any atom is 0.243 e. The molecule has 0 unspecified atom stereocenters. The third-order valence-corrected chi connectivity index (χ3v) is 2.90. The van der Waals surface area contributed by atoms with Crippen molar-refractivity contribution in [1.82, 2.24) is 19.5 Å². The minimum atomic E-state index is -0.318. The molecule has 0 aromatic carbocycles. The Morgan fingerprint density at radius 2 is 2.11 bits per heavy atom. The van der Waals surface area contributed by atoms with Gasteiger partial charge >= 0.3 is 0 Å². The van der Waals surface area contributed by atoms with Crippen LogP contribution in [0.15, 0.2) is 18.3 Å². The molecule has 0 radical (unpaired) electrons. The predicted molar refractivity (Wildman–Crippen MR) is 69.2 cm³/mol. The highest BCUT2D eigenvalue weighted by Gasteiger charge is 2.04. The fourth-order valence-corrected chi connectivity index (χ4v) is 1.80. The van der Waals surface area contributed by atoms with Crippen LogP contribution in [0.5, 0.6) is 0 Å². The summed E-state index contributed by atoms with van der Waals surface area (Å²) in [4.78, 5) is 6.57. The molecule has 98 valence electrons. The molecule has 0 fully saturated rings. The predicted octanol–water partition coefficient (Wildman–Crippen LogP) is 1.62. The van der Waals surface area contributed by atoms with E-state index in [-0.39, 0.29) is 5.82 Å². The molecule has 0 aliphatic heterocycles. The monoisotopic (exact) mass is 251 g/mol. The highest BCUT2D eigenvalue weighted by atomic mass is 19.1. The summed E-state index contributed by atoms with van der Waals surface area (Å²) in [6.45, 7) is 8.05. The number of nitrogens with zero attached hydrogens (tertiary/aromatic N) is 4. The first-order chi connectivity index (χ1) is 8.72. The zero-order valence-electron chi connectivity index (χ0n) is 10.7. The van der Waals surface area contributed by atoms with Crippen LogP contribution in [-0.2, 0) is 0 Å². The summed E-state index contributed by atoms with van der Waals surface area (Å²) in [5, 5.41) is 7.30. The average molecular weight is 251 g/mol. The second-order valence-corrected chi connectivity index (χ2v) is 4.04. The smallest absolute Gasteiger partial charge is 0.243 e. The fourth-order valence-electron chi connectivity index (χ4n) is 1.80. The van der Waals surface area contributed by atoms with E-state index in [0.29, 0.717) is 11.6 Å². The molecule has 0 saturated carbocycles. The van der Waals surface area contributed by atoms with Gasteiger partial charge in [0.15, 0.2) is 5.65 Å². The zero-order chi connectivity index (χ0) is 13.0. The number of pyridine rings is 1. The van der Waals surface area contributed by atoms with E-state index in [0.717, 1.165) is 26.2 Å². The SMILES string of the molecule is CCN(CC)CCNc1nc2ccc(F)cn2n1. The standard InChI is InChI=1S/C12H18FN5/c1-3-17(4-2)8-7-14-12-15-11-6-5-10(13)9-18(11)16-12/h5-6,9H,3-4,7-8H2,1-2H3,(H,14,16). The number of halogens is 1. The van der Waals surface area contributed by atoms with Crippen molar-refractivity contribution in [2.24, 2.45) is 0 Å². The molecule has 0 saturated heterocycles. The fraction of sp³-hybridized carbons (Fsp3) is 0.500. The van der Waals surface area contributed by atoms with E-state index < -0.39 is 0 Å². The van der Waals surface area contributed by atoms with Gasteiger partial charge in [-0.3, -0.25) is 0 Å². The molecule has 0 aliphatic carbocycles. The van der Waals surface area contributed by atoms with E-state index in [1.807, 2.05) is 0 Å². The lowest BCUT2D eigenvalue weighted by Crippen LogP contribution is -2.28. The summed E-state index contributed by atoms with van der Waals surface area (Å²) in [7, 11) is 0. The Hall–Kier alpha value is -1.69. The third kappa shape index (κ3) is 2.95. The Kier molecular flexibility index (Phi) is 4.09. The van der Waals surface area contributed by atoms with Gasteiger partial charge in [-0.25, -0.2) is 8.91 Å². The number of aromatic nitrogens is 3. The zero-order valence-corrected chi connectivity index (χ0v) is 10.7. The number of hydrogen-bond donors (Lipinski definition) is 1. The first-order valence-corrected chi connectivity index (χ1v) is 6.21. The third-order valence-electron chi connectivity index (χ3n) is 2.90. The Morgan fingerprint density at radius 1 is 1.33 bits per heavy atom. The molecule has 0 aliphatic rings. The van der Waals surface area contributed by atoms with Crippen molar-refractivity contribution in [3.05, 3.63) is 24.1 Å². The van der Waals surface area contributed by atoms with Gasteiger partial charge in [0.25, 0.3) is 0 Å². The van der Waals surface area contributed by atoms with Gasteiger partial charge in [0.1, 0.15) is 5.82 Å². The first-order valence-electron chi connectivity index (χ1n) is 6.21. The summed E-state index contributed by atoms with van der Waals surface area (Å²) in [6.07, 6.45) is 1.32. The van der Waals surface area contributed by atoms with Gasteiger partial charge in [0.05, 0.1) is 6.20 Å². The van der Waals surface area contributed by atoms with Crippen LogP contribution in [0.2, 0.25) is 0 Å². The maximum atomic E-state index is 13.0. The van der Waals surface area contributed by atoms with Gasteiger partial charge in [-0.15, -0.1) is 5.10 Å². The maximum absolute atomic E-state index is 13.0. The number of nitrogens with one attached hydrogen (secondary N) is 1. The number of fused-ring (bicyclic) bond motifs is 1. The molecule has 2 aromatic heterocycles. The molecular weight excluding hydrogens is 233 g/mol. The lowest BCUT2D eigenvalue weighted by Gasteiger charge is -2.17. The van der Waals surface area contributed by atoms with E-state index in [1.165, 1.54) is 16.8 Å². The van der Waals surface area contributed by atoms with Gasteiger partial charge in [-0.05, 0) is 25.2 Å². The quantitative estimate of drug-likeness (QED) is 0.847. The van der Waals surface area contributed by atoms with E-state index in [1.54, 1.807) is 6.07 Å². The van der Waals surface area contributed by atoms with Gasteiger partial charge in [0.2, 0.25) is 5.95 Å². The number of likely N-dealkylation sites (N-methyl/N-ethyl adjacent to an activating group) is 1. The minimum absolute atomic E-state index is 0.318. The van der Waals surface area contributed by atoms with Crippen molar-refractivity contribution in [3.63, 3.8) is 0 Å². The number of rotatable bonds is 6. The largest absolute Gasteiger partial charge is 0.352 e. The lowest BCUT2D eigenvalue weighted by molar-refractivity contribution is 0.316. The average Bonchev–Trinajstić information content (AvgIpc) is 2.76. The summed E-state index contributed by atoms with van der Waals surface area (Å²) in [6, 6.07) is 2.99. The van der Waals surface area contributed by atoms with Crippen LogP contribution in [0.1, 0.15) is 13.8 Å². The van der Waals surface area contributed by atoms with E-state index in [9.17, 15) is 4.39 Å². The van der Waals surface area contributed by atoms with Crippen molar-refractivity contribution < 1.29 is 4.39 Å². The topological polar surface area (TPSA) is 45.5 Å². The molecule has 2 rings (SSSR count). The molecule has 0 amide bonds. The summed E-state index contributed by atoms with van der Waals surface area (Å²) < 4.78 is 14.4. The summed E-state index contributed by atoms with van der Waals surface area (Å²) >= 11 is 0. The van der Waals surface area contributed by atoms with Crippen LogP contribution in [-0.4, -0.2) is 45.7 Å². The van der Waals surface area contributed by atoms with Gasteiger partial charge in [-0.1, -0.05) is 13.8 Å². The van der Waals surface area contributed by atoms with Crippen molar-refractivity contribution in [1.29, 1.82) is 0 Å². The molecule has 6 heteroatoms. The Bertz CT molecular complexity index is 506. The van der Waals surface area contributed by atoms with E-state index >= 15 is 0 Å². The molecule has 2 aromatic rings. The summed E-state index contributed by atoms with van der Waals surface area (Å²) in [5.41, 5.74) is 0.640. The van der Waals surface area contributed by atoms with Crippen LogP contribution >= 0.6 is 0 Å². The molecule has 0 atom stereocenters. The molecule has 0 spiro atoms. The Morgan fingerprint density at radius 3 is 2.83 bits per heavy atom. The molecule has 18 heavy (non-hydrogen) atoms. The molecule has 2 heterocycles. The van der Waals surface area contributed by atoms with Gasteiger partial charge in [-0.2, -0.15) is 4.98 Å². The van der Waals surface area contributed by atoms with Crippen LogP contribution < -0.4 is 5.32 Å².